The molecule has 1 aliphatic heterocycles. The molecule has 0 spiro atoms. The average molecular weight is 436 g/mol. The first-order chi connectivity index (χ1) is 13.5. The van der Waals surface area contributed by atoms with Crippen molar-refractivity contribution in [3.63, 3.8) is 0 Å². The van der Waals surface area contributed by atoms with Gasteiger partial charge in [-0.25, -0.2) is 18.4 Å². The van der Waals surface area contributed by atoms with E-state index < -0.39 is 10.0 Å². The number of sulfonamides is 1. The molecule has 4 heterocycles. The summed E-state index contributed by atoms with van der Waals surface area (Å²) in [6.07, 6.45) is 6.88. The molecule has 0 aromatic carbocycles. The molecule has 146 valence electrons. The van der Waals surface area contributed by atoms with Crippen LogP contribution < -0.4 is 4.31 Å². The lowest BCUT2D eigenvalue weighted by Gasteiger charge is -2.25. The molecule has 0 saturated carbocycles. The second-order valence-electron chi connectivity index (χ2n) is 5.99. The lowest BCUT2D eigenvalue weighted by molar-refractivity contribution is 0.158. The Morgan fingerprint density at radius 3 is 2.86 bits per heavy atom. The van der Waals surface area contributed by atoms with Crippen LogP contribution in [0.15, 0.2) is 35.9 Å². The topological polar surface area (TPSA) is 97.6 Å². The van der Waals surface area contributed by atoms with Crippen LogP contribution in [-0.4, -0.2) is 48.5 Å². The highest BCUT2D eigenvalue weighted by Crippen LogP contribution is 2.41. The highest BCUT2D eigenvalue weighted by atomic mass is 32.2. The van der Waals surface area contributed by atoms with Crippen LogP contribution >= 0.6 is 22.7 Å². The van der Waals surface area contributed by atoms with Gasteiger partial charge in [0.2, 0.25) is 10.0 Å². The Morgan fingerprint density at radius 1 is 1.29 bits per heavy atom. The van der Waals surface area contributed by atoms with Crippen LogP contribution in [0.1, 0.15) is 19.0 Å². The lowest BCUT2D eigenvalue weighted by Crippen LogP contribution is -2.36. The van der Waals surface area contributed by atoms with Crippen molar-refractivity contribution in [1.82, 2.24) is 15.0 Å². The van der Waals surface area contributed by atoms with E-state index >= 15 is 0 Å². The molecule has 1 aliphatic rings. The lowest BCUT2D eigenvalue weighted by atomic mass is 10.1. The van der Waals surface area contributed by atoms with E-state index in [2.05, 4.69) is 20.1 Å². The molecule has 28 heavy (non-hydrogen) atoms. The zero-order valence-corrected chi connectivity index (χ0v) is 17.6. The van der Waals surface area contributed by atoms with E-state index in [1.54, 1.807) is 18.6 Å². The minimum atomic E-state index is -3.40. The molecule has 0 N–H and O–H groups in total. The van der Waals surface area contributed by atoms with Crippen molar-refractivity contribution in [2.75, 3.05) is 23.7 Å². The third kappa shape index (κ3) is 3.64. The smallest absolute Gasteiger partial charge is 0.232 e. The predicted molar refractivity (Wildman–Crippen MR) is 111 cm³/mol. The summed E-state index contributed by atoms with van der Waals surface area (Å²) in [7, 11) is -3.40. The molecular weight excluding hydrogens is 418 g/mol. The van der Waals surface area contributed by atoms with Gasteiger partial charge in [0.15, 0.2) is 0 Å². The summed E-state index contributed by atoms with van der Waals surface area (Å²) in [6.45, 7) is 2.61. The third-order valence-corrected chi connectivity index (χ3v) is 7.57. The van der Waals surface area contributed by atoms with Crippen LogP contribution in [0.2, 0.25) is 0 Å². The number of thiazole rings is 2. The second kappa shape index (κ2) is 7.57. The quantitative estimate of drug-likeness (QED) is 0.571. The van der Waals surface area contributed by atoms with Gasteiger partial charge in [-0.3, -0.25) is 9.29 Å². The maximum Gasteiger partial charge on any atom is 0.232 e. The van der Waals surface area contributed by atoms with E-state index in [0.717, 1.165) is 15.4 Å². The molecule has 0 radical (unpaired) electrons. The fourth-order valence-corrected chi connectivity index (χ4v) is 6.04. The van der Waals surface area contributed by atoms with Crippen LogP contribution in [0.3, 0.4) is 0 Å². The molecule has 3 aromatic heterocycles. The largest absolute Gasteiger partial charge is 0.396 e. The van der Waals surface area contributed by atoms with E-state index in [4.69, 9.17) is 4.84 Å². The molecule has 0 atom stereocenters. The van der Waals surface area contributed by atoms with Crippen molar-refractivity contribution >= 4 is 43.4 Å². The van der Waals surface area contributed by atoms with Crippen molar-refractivity contribution < 1.29 is 13.3 Å². The number of rotatable bonds is 5. The van der Waals surface area contributed by atoms with E-state index in [0.29, 0.717) is 41.0 Å². The maximum absolute atomic E-state index is 12.2. The van der Waals surface area contributed by atoms with E-state index in [-0.39, 0.29) is 0 Å². The molecule has 0 amide bonds. The van der Waals surface area contributed by atoms with Crippen LogP contribution in [0.5, 0.6) is 0 Å². The summed E-state index contributed by atoms with van der Waals surface area (Å²) < 4.78 is 25.8. The highest BCUT2D eigenvalue weighted by Gasteiger charge is 2.32. The second-order valence-corrected chi connectivity index (χ2v) is 9.90. The van der Waals surface area contributed by atoms with Crippen molar-refractivity contribution in [2.45, 2.75) is 13.3 Å². The summed E-state index contributed by atoms with van der Waals surface area (Å²) in [5.74, 6) is 0. The Bertz CT molecular complexity index is 1120. The third-order valence-electron chi connectivity index (χ3n) is 3.99. The number of fused-ring (bicyclic) bond motifs is 1. The fourth-order valence-electron chi connectivity index (χ4n) is 2.75. The summed E-state index contributed by atoms with van der Waals surface area (Å²) in [5.41, 5.74) is 2.15. The first kappa shape index (κ1) is 19.0. The van der Waals surface area contributed by atoms with Gasteiger partial charge in [0.05, 0.1) is 11.1 Å². The Hall–Kier alpha value is -2.37. The standard InChI is InChI=1S/C17H17N5O3S3/c1-3-25-21-12-6-8-22(28(2,23)24)17-14(12)20-16(27-17)13-10-19-15(26-13)11-5-4-7-18-9-11/h4-5,7,9-10H,3,6,8H2,1-2H3. The molecule has 4 rings (SSSR count). The minimum Gasteiger partial charge on any atom is -0.396 e. The van der Waals surface area contributed by atoms with Crippen LogP contribution in [0.25, 0.3) is 20.5 Å². The molecule has 0 unspecified atom stereocenters. The Labute approximate surface area is 170 Å². The van der Waals surface area contributed by atoms with Crippen molar-refractivity contribution in [3.05, 3.63) is 36.4 Å². The predicted octanol–water partition coefficient (Wildman–Crippen LogP) is 3.24. The highest BCUT2D eigenvalue weighted by molar-refractivity contribution is 7.92. The number of nitrogens with zero attached hydrogens (tertiary/aromatic N) is 5. The number of oxime groups is 1. The van der Waals surface area contributed by atoms with Crippen molar-refractivity contribution in [1.29, 1.82) is 0 Å². The number of hydrogen-bond donors (Lipinski definition) is 0. The molecular formula is C17H17N5O3S3. The van der Waals surface area contributed by atoms with Crippen molar-refractivity contribution in [2.24, 2.45) is 5.16 Å². The van der Waals surface area contributed by atoms with Gasteiger partial charge in [-0.05, 0) is 19.1 Å². The number of pyridine rings is 1. The number of aromatic nitrogens is 3. The molecule has 0 saturated heterocycles. The number of hydrogen-bond acceptors (Lipinski definition) is 9. The average Bonchev–Trinajstić information content (AvgIpc) is 3.33. The zero-order chi connectivity index (χ0) is 19.7. The maximum atomic E-state index is 12.2. The Kier molecular flexibility index (Phi) is 5.13. The SMILES string of the molecule is CCON=C1CCN(S(C)(=O)=O)c2sc(-c3cnc(-c4cccnc4)s3)nc21. The van der Waals surface area contributed by atoms with Crippen molar-refractivity contribution in [3.8, 4) is 20.5 Å². The Balaban J connectivity index is 1.76. The molecule has 0 bridgehead atoms. The number of anilines is 1. The molecule has 0 fully saturated rings. The van der Waals surface area contributed by atoms with E-state index in [1.807, 2.05) is 19.1 Å². The van der Waals surface area contributed by atoms with E-state index in [9.17, 15) is 8.42 Å². The first-order valence-corrected chi connectivity index (χ1v) is 12.0. The summed E-state index contributed by atoms with van der Waals surface area (Å²) in [4.78, 5) is 19.3. The van der Waals surface area contributed by atoms with Gasteiger partial charge in [0, 0.05) is 37.1 Å². The molecule has 0 aliphatic carbocycles. The monoisotopic (exact) mass is 435 g/mol. The zero-order valence-electron chi connectivity index (χ0n) is 15.2. The molecule has 8 nitrogen and oxygen atoms in total. The van der Waals surface area contributed by atoms with Gasteiger partial charge in [-0.2, -0.15) is 0 Å². The van der Waals surface area contributed by atoms with Gasteiger partial charge in [-0.15, -0.1) is 11.3 Å². The Morgan fingerprint density at radius 2 is 2.14 bits per heavy atom. The van der Waals surface area contributed by atoms with Crippen LogP contribution in [0, 0.1) is 0 Å². The minimum absolute atomic E-state index is 0.322. The molecule has 11 heteroatoms. The summed E-state index contributed by atoms with van der Waals surface area (Å²) in [5, 5.41) is 6.24. The van der Waals surface area contributed by atoms with Crippen LogP contribution in [0.4, 0.5) is 5.00 Å². The van der Waals surface area contributed by atoms with Gasteiger partial charge in [0.25, 0.3) is 0 Å². The van der Waals surface area contributed by atoms with Gasteiger partial charge in [-0.1, -0.05) is 16.5 Å². The molecule has 3 aromatic rings. The van der Waals surface area contributed by atoms with E-state index in [1.165, 1.54) is 33.2 Å². The van der Waals surface area contributed by atoms with Gasteiger partial charge >= 0.3 is 0 Å². The summed E-state index contributed by atoms with van der Waals surface area (Å²) >= 11 is 2.81. The van der Waals surface area contributed by atoms with Gasteiger partial charge < -0.3 is 4.84 Å². The van der Waals surface area contributed by atoms with Gasteiger partial charge in [0.1, 0.15) is 33.0 Å². The normalized spacial score (nSPS) is 15.6. The summed E-state index contributed by atoms with van der Waals surface area (Å²) in [6, 6.07) is 3.81. The fraction of sp³-hybridized carbons (Fsp3) is 0.294. The first-order valence-electron chi connectivity index (χ1n) is 8.51. The van der Waals surface area contributed by atoms with Crippen LogP contribution in [-0.2, 0) is 14.9 Å².